The zero-order chi connectivity index (χ0) is 11.3. The van der Waals surface area contributed by atoms with E-state index in [9.17, 15) is 8.42 Å². The van der Waals surface area contributed by atoms with E-state index in [0.29, 0.717) is 6.54 Å². The zero-order valence-corrected chi connectivity index (χ0v) is 10.2. The van der Waals surface area contributed by atoms with Crippen molar-refractivity contribution in [1.29, 1.82) is 0 Å². The number of hydrogen-bond donors (Lipinski definition) is 2. The largest absolute Gasteiger partial charge is 0.396 e. The lowest BCUT2D eigenvalue weighted by molar-refractivity contribution is 0.295. The van der Waals surface area contributed by atoms with E-state index in [1.54, 1.807) is 11.3 Å². The number of nitrogens with one attached hydrogen (secondary N) is 1. The summed E-state index contributed by atoms with van der Waals surface area (Å²) in [4.78, 5) is 0. The van der Waals surface area contributed by atoms with E-state index in [4.69, 9.17) is 5.11 Å². The Morgan fingerprint density at radius 1 is 1.47 bits per heavy atom. The van der Waals surface area contributed by atoms with Gasteiger partial charge in [0.05, 0.1) is 5.75 Å². The van der Waals surface area contributed by atoms with Gasteiger partial charge in [0.25, 0.3) is 0 Å². The minimum absolute atomic E-state index is 0.0211. The van der Waals surface area contributed by atoms with Crippen LogP contribution in [0.2, 0.25) is 0 Å². The van der Waals surface area contributed by atoms with Crippen LogP contribution in [0.1, 0.15) is 17.5 Å². The molecule has 1 aromatic rings. The molecule has 0 saturated heterocycles. The summed E-state index contributed by atoms with van der Waals surface area (Å²) in [5, 5.41) is 12.5. The molecule has 0 amide bonds. The molecule has 2 N–H and O–H groups in total. The minimum Gasteiger partial charge on any atom is -0.396 e. The Labute approximate surface area is 94.0 Å². The quantitative estimate of drug-likeness (QED) is 0.786. The lowest BCUT2D eigenvalue weighted by Gasteiger charge is -2.05. The lowest BCUT2D eigenvalue weighted by Crippen LogP contribution is -2.26. The van der Waals surface area contributed by atoms with Crippen molar-refractivity contribution in [3.05, 3.63) is 21.9 Å². The Balaban J connectivity index is 2.46. The van der Waals surface area contributed by atoms with Crippen LogP contribution in [-0.2, 0) is 16.6 Å². The third-order valence-electron chi connectivity index (χ3n) is 2.02. The summed E-state index contributed by atoms with van der Waals surface area (Å²) in [5.74, 6) is -0.0211. The molecular formula is C9H15NO3S2. The summed E-state index contributed by atoms with van der Waals surface area (Å²) in [6.45, 7) is 2.19. The molecule has 0 fully saturated rings. The van der Waals surface area contributed by atoms with Crippen molar-refractivity contribution in [3.63, 3.8) is 0 Å². The smallest absolute Gasteiger partial charge is 0.211 e. The highest BCUT2D eigenvalue weighted by atomic mass is 32.2. The Hall–Kier alpha value is -0.430. The number of aliphatic hydroxyl groups is 1. The van der Waals surface area contributed by atoms with Crippen molar-refractivity contribution in [2.75, 3.05) is 12.4 Å². The molecule has 1 heterocycles. The number of aliphatic hydroxyl groups excluding tert-OH is 1. The van der Waals surface area contributed by atoms with E-state index in [1.165, 1.54) is 0 Å². The van der Waals surface area contributed by atoms with Crippen LogP contribution in [-0.4, -0.2) is 25.9 Å². The molecule has 0 bridgehead atoms. The fourth-order valence-electron chi connectivity index (χ4n) is 1.08. The van der Waals surface area contributed by atoms with Gasteiger partial charge in [0.2, 0.25) is 10.0 Å². The van der Waals surface area contributed by atoms with Gasteiger partial charge in [0, 0.05) is 13.2 Å². The van der Waals surface area contributed by atoms with E-state index in [1.807, 2.05) is 17.7 Å². The van der Waals surface area contributed by atoms with E-state index in [-0.39, 0.29) is 18.8 Å². The summed E-state index contributed by atoms with van der Waals surface area (Å²) < 4.78 is 25.3. The molecule has 0 unspecified atom stereocenters. The molecule has 0 aliphatic heterocycles. The zero-order valence-electron chi connectivity index (χ0n) is 8.56. The Bertz CT molecular complexity index is 397. The second-order valence-corrected chi connectivity index (χ2v) is 5.97. The average molecular weight is 249 g/mol. The van der Waals surface area contributed by atoms with Crippen LogP contribution in [0.4, 0.5) is 0 Å². The van der Waals surface area contributed by atoms with Gasteiger partial charge in [0.1, 0.15) is 0 Å². The van der Waals surface area contributed by atoms with Crippen molar-refractivity contribution < 1.29 is 13.5 Å². The predicted octanol–water partition coefficient (Wildman–Crippen LogP) is 0.858. The first-order valence-corrected chi connectivity index (χ1v) is 7.24. The fraction of sp³-hybridized carbons (Fsp3) is 0.556. The third kappa shape index (κ3) is 4.29. The third-order valence-corrected chi connectivity index (χ3v) is 4.34. The number of thiophene rings is 1. The summed E-state index contributed by atoms with van der Waals surface area (Å²) in [7, 11) is -3.24. The number of rotatable bonds is 6. The van der Waals surface area contributed by atoms with Crippen LogP contribution < -0.4 is 4.72 Å². The standard InChI is InChI=1S/C9H15NO3S2/c1-8-6-14-7-9(8)5-10-15(12,13)4-2-3-11/h6-7,10-11H,2-5H2,1H3. The number of hydrogen-bond acceptors (Lipinski definition) is 4. The maximum absolute atomic E-state index is 11.4. The predicted molar refractivity (Wildman–Crippen MR) is 61.4 cm³/mol. The molecule has 0 atom stereocenters. The molecule has 4 nitrogen and oxygen atoms in total. The first-order chi connectivity index (χ1) is 7.05. The van der Waals surface area contributed by atoms with Gasteiger partial charge >= 0.3 is 0 Å². The van der Waals surface area contributed by atoms with Crippen molar-refractivity contribution in [1.82, 2.24) is 4.72 Å². The highest BCUT2D eigenvalue weighted by molar-refractivity contribution is 7.89. The molecule has 0 aliphatic carbocycles. The molecule has 0 aromatic carbocycles. The van der Waals surface area contributed by atoms with Crippen LogP contribution in [0, 0.1) is 6.92 Å². The first kappa shape index (κ1) is 12.6. The van der Waals surface area contributed by atoms with E-state index in [2.05, 4.69) is 4.72 Å². The highest BCUT2D eigenvalue weighted by Crippen LogP contribution is 2.13. The van der Waals surface area contributed by atoms with Crippen LogP contribution in [0.15, 0.2) is 10.8 Å². The van der Waals surface area contributed by atoms with Gasteiger partial charge < -0.3 is 5.11 Å². The second kappa shape index (κ2) is 5.60. The Morgan fingerprint density at radius 3 is 2.73 bits per heavy atom. The van der Waals surface area contributed by atoms with E-state index >= 15 is 0 Å². The molecule has 0 radical (unpaired) electrons. The van der Waals surface area contributed by atoms with Crippen LogP contribution in [0.25, 0.3) is 0 Å². The molecule has 86 valence electrons. The molecule has 0 aliphatic rings. The molecule has 6 heteroatoms. The monoisotopic (exact) mass is 249 g/mol. The lowest BCUT2D eigenvalue weighted by atomic mass is 10.2. The maximum atomic E-state index is 11.4. The van der Waals surface area contributed by atoms with Gasteiger partial charge in [-0.15, -0.1) is 0 Å². The van der Waals surface area contributed by atoms with Crippen molar-refractivity contribution in [2.45, 2.75) is 19.9 Å². The van der Waals surface area contributed by atoms with Gasteiger partial charge in [-0.1, -0.05) is 0 Å². The summed E-state index contributed by atoms with van der Waals surface area (Å²) in [6.07, 6.45) is 0.276. The average Bonchev–Trinajstić information content (AvgIpc) is 2.58. The summed E-state index contributed by atoms with van der Waals surface area (Å²) in [6, 6.07) is 0. The molecule has 1 rings (SSSR count). The van der Waals surface area contributed by atoms with Gasteiger partial charge in [-0.3, -0.25) is 0 Å². The molecule has 1 aromatic heterocycles. The van der Waals surface area contributed by atoms with Gasteiger partial charge in [-0.25, -0.2) is 13.1 Å². The molecule has 15 heavy (non-hydrogen) atoms. The first-order valence-electron chi connectivity index (χ1n) is 4.65. The van der Waals surface area contributed by atoms with Crippen LogP contribution in [0.3, 0.4) is 0 Å². The second-order valence-electron chi connectivity index (χ2n) is 3.30. The number of sulfonamides is 1. The van der Waals surface area contributed by atoms with Gasteiger partial charge in [0.15, 0.2) is 0 Å². The summed E-state index contributed by atoms with van der Waals surface area (Å²) >= 11 is 1.56. The maximum Gasteiger partial charge on any atom is 0.211 e. The number of aryl methyl sites for hydroxylation is 1. The molecule has 0 spiro atoms. The summed E-state index contributed by atoms with van der Waals surface area (Å²) in [5.41, 5.74) is 2.11. The minimum atomic E-state index is -3.24. The fourth-order valence-corrected chi connectivity index (χ4v) is 2.97. The normalized spacial score (nSPS) is 11.9. The van der Waals surface area contributed by atoms with E-state index < -0.39 is 10.0 Å². The topological polar surface area (TPSA) is 66.4 Å². The van der Waals surface area contributed by atoms with Crippen molar-refractivity contribution in [3.8, 4) is 0 Å². The van der Waals surface area contributed by atoms with Crippen molar-refractivity contribution >= 4 is 21.4 Å². The highest BCUT2D eigenvalue weighted by Gasteiger charge is 2.09. The van der Waals surface area contributed by atoms with Crippen LogP contribution in [0.5, 0.6) is 0 Å². The molecular weight excluding hydrogens is 234 g/mol. The SMILES string of the molecule is Cc1cscc1CNS(=O)(=O)CCCO. The van der Waals surface area contributed by atoms with Crippen LogP contribution >= 0.6 is 11.3 Å². The Morgan fingerprint density at radius 2 is 2.20 bits per heavy atom. The van der Waals surface area contributed by atoms with Gasteiger partial charge in [-0.2, -0.15) is 11.3 Å². The Kier molecular flexibility index (Phi) is 4.72. The van der Waals surface area contributed by atoms with Gasteiger partial charge in [-0.05, 0) is 35.2 Å². The van der Waals surface area contributed by atoms with Crippen molar-refractivity contribution in [2.24, 2.45) is 0 Å². The van der Waals surface area contributed by atoms with E-state index in [0.717, 1.165) is 11.1 Å². The molecule has 0 saturated carbocycles.